The molecule has 0 spiro atoms. The van der Waals surface area contributed by atoms with Gasteiger partial charge in [-0.3, -0.25) is 4.79 Å². The maximum Gasteiger partial charge on any atom is 0.573 e. The van der Waals surface area contributed by atoms with Gasteiger partial charge in [0.1, 0.15) is 5.75 Å². The summed E-state index contributed by atoms with van der Waals surface area (Å²) in [7, 11) is 0. The number of rotatable bonds is 7. The normalized spacial score (nSPS) is 14.7. The molecule has 2 aromatic heterocycles. The van der Waals surface area contributed by atoms with Gasteiger partial charge >= 0.3 is 6.36 Å². The largest absolute Gasteiger partial charge is 0.573 e. The highest BCUT2D eigenvalue weighted by molar-refractivity contribution is 6.03. The first kappa shape index (κ1) is 25.8. The number of hydrogen-bond donors (Lipinski definition) is 0. The second kappa shape index (κ2) is 10.5. The fraction of sp³-hybridized carbons (Fsp3) is 0.333. The zero-order valence-electron chi connectivity index (χ0n) is 21.5. The van der Waals surface area contributed by atoms with Crippen molar-refractivity contribution in [2.45, 2.75) is 51.8 Å². The third-order valence-electron chi connectivity index (χ3n) is 7.25. The highest BCUT2D eigenvalue weighted by atomic mass is 19.4. The Morgan fingerprint density at radius 2 is 1.66 bits per heavy atom. The lowest BCUT2D eigenvalue weighted by Gasteiger charge is -2.34. The summed E-state index contributed by atoms with van der Waals surface area (Å²) in [6.07, 6.45) is 0.198. The van der Waals surface area contributed by atoms with Crippen LogP contribution < -0.4 is 9.64 Å². The average molecular weight is 522 g/mol. The first-order chi connectivity index (χ1) is 18.2. The van der Waals surface area contributed by atoms with Crippen molar-refractivity contribution in [3.8, 4) is 5.75 Å². The predicted molar refractivity (Wildman–Crippen MR) is 141 cm³/mol. The van der Waals surface area contributed by atoms with Crippen molar-refractivity contribution in [1.82, 2.24) is 9.61 Å². The molecular formula is C30H30F3N3O2. The molecule has 1 fully saturated rings. The highest BCUT2D eigenvalue weighted by Crippen LogP contribution is 2.32. The van der Waals surface area contributed by atoms with E-state index in [0.29, 0.717) is 24.3 Å². The van der Waals surface area contributed by atoms with E-state index in [1.165, 1.54) is 12.1 Å². The number of anilines is 1. The highest BCUT2D eigenvalue weighted by Gasteiger charge is 2.31. The molecular weight excluding hydrogens is 491 g/mol. The number of nitrogens with zero attached hydrogens (tertiary/aromatic N) is 3. The molecule has 5 rings (SSSR count). The van der Waals surface area contributed by atoms with Crippen molar-refractivity contribution >= 4 is 17.0 Å². The number of benzene rings is 2. The van der Waals surface area contributed by atoms with Gasteiger partial charge in [0.25, 0.3) is 0 Å². The Bertz CT molecular complexity index is 1420. The minimum absolute atomic E-state index is 0.102. The quantitative estimate of drug-likeness (QED) is 0.245. The zero-order valence-corrected chi connectivity index (χ0v) is 21.5. The number of hydrogen-bond acceptors (Lipinski definition) is 4. The summed E-state index contributed by atoms with van der Waals surface area (Å²) in [5.74, 6) is 0.221. The Labute approximate surface area is 219 Å². The Balaban J connectivity index is 1.14. The first-order valence-corrected chi connectivity index (χ1v) is 12.8. The predicted octanol–water partition coefficient (Wildman–Crippen LogP) is 7.05. The third-order valence-corrected chi connectivity index (χ3v) is 7.25. The van der Waals surface area contributed by atoms with Crippen LogP contribution in [0.3, 0.4) is 0 Å². The number of pyridine rings is 1. The van der Waals surface area contributed by atoms with E-state index in [0.717, 1.165) is 59.5 Å². The molecule has 198 valence electrons. The van der Waals surface area contributed by atoms with Crippen molar-refractivity contribution < 1.29 is 22.7 Å². The fourth-order valence-corrected chi connectivity index (χ4v) is 5.28. The van der Waals surface area contributed by atoms with E-state index in [1.54, 1.807) is 16.6 Å². The lowest BCUT2D eigenvalue weighted by molar-refractivity contribution is -0.274. The van der Waals surface area contributed by atoms with Crippen LogP contribution in [0.5, 0.6) is 5.75 Å². The lowest BCUT2D eigenvalue weighted by Crippen LogP contribution is -2.32. The average Bonchev–Trinajstić information content (AvgIpc) is 3.22. The SMILES string of the molecule is Cc1ccc2c(C(=O)CCc3ccc(N4CCC(c5ccc(OC(F)(F)F)cc5)CC4)cc3)c(C)nn2c1. The summed E-state index contributed by atoms with van der Waals surface area (Å²) >= 11 is 0. The number of Topliss-reactive ketones (excluding diaryl/α,β-unsaturated/α-hetero) is 1. The van der Waals surface area contributed by atoms with E-state index in [9.17, 15) is 18.0 Å². The van der Waals surface area contributed by atoms with Crippen molar-refractivity contribution in [3.05, 3.63) is 94.8 Å². The molecule has 4 aromatic rings. The molecule has 3 heterocycles. The molecule has 0 radical (unpaired) electrons. The molecule has 0 aliphatic carbocycles. The van der Waals surface area contributed by atoms with E-state index in [1.807, 2.05) is 32.2 Å². The number of carbonyl (C=O) groups excluding carboxylic acids is 1. The van der Waals surface area contributed by atoms with Gasteiger partial charge in [0.05, 0.1) is 16.8 Å². The fourth-order valence-electron chi connectivity index (χ4n) is 5.28. The van der Waals surface area contributed by atoms with Crippen molar-refractivity contribution in [2.24, 2.45) is 0 Å². The van der Waals surface area contributed by atoms with Crippen LogP contribution in [0, 0.1) is 13.8 Å². The van der Waals surface area contributed by atoms with Gasteiger partial charge < -0.3 is 9.64 Å². The number of aromatic nitrogens is 2. The first-order valence-electron chi connectivity index (χ1n) is 12.8. The maximum atomic E-state index is 13.0. The van der Waals surface area contributed by atoms with Gasteiger partial charge in [0.15, 0.2) is 5.78 Å². The standard InChI is InChI=1S/C30H30F3N3O2/c1-20-3-13-27-29(21(2)34-36(27)19-20)28(37)14-6-22-4-9-25(10-5-22)35-17-15-24(16-18-35)23-7-11-26(12-8-23)38-30(31,32)33/h3-5,7-13,19,24H,6,14-18H2,1-2H3. The van der Waals surface area contributed by atoms with Crippen LogP contribution in [0.15, 0.2) is 66.9 Å². The van der Waals surface area contributed by atoms with E-state index in [2.05, 4.69) is 39.0 Å². The van der Waals surface area contributed by atoms with Gasteiger partial charge in [-0.2, -0.15) is 5.10 Å². The Morgan fingerprint density at radius 3 is 2.32 bits per heavy atom. The number of piperidine rings is 1. The second-order valence-electron chi connectivity index (χ2n) is 9.96. The number of fused-ring (bicyclic) bond motifs is 1. The summed E-state index contributed by atoms with van der Waals surface area (Å²) in [5.41, 5.74) is 6.69. The van der Waals surface area contributed by atoms with E-state index < -0.39 is 6.36 Å². The number of halogens is 3. The van der Waals surface area contributed by atoms with Crippen molar-refractivity contribution in [2.75, 3.05) is 18.0 Å². The van der Waals surface area contributed by atoms with Crippen molar-refractivity contribution in [3.63, 3.8) is 0 Å². The molecule has 2 aromatic carbocycles. The number of ether oxygens (including phenoxy) is 1. The summed E-state index contributed by atoms with van der Waals surface area (Å²) < 4.78 is 42.9. The van der Waals surface area contributed by atoms with Gasteiger partial charge in [-0.1, -0.05) is 30.3 Å². The van der Waals surface area contributed by atoms with Gasteiger partial charge in [0.2, 0.25) is 0 Å². The van der Waals surface area contributed by atoms with Crippen LogP contribution >= 0.6 is 0 Å². The van der Waals surface area contributed by atoms with Gasteiger partial charge in [-0.25, -0.2) is 4.52 Å². The summed E-state index contributed by atoms with van der Waals surface area (Å²) in [4.78, 5) is 15.4. The molecule has 1 aliphatic rings. The second-order valence-corrected chi connectivity index (χ2v) is 9.96. The molecule has 0 saturated carbocycles. The van der Waals surface area contributed by atoms with E-state index in [4.69, 9.17) is 0 Å². The van der Waals surface area contributed by atoms with Crippen LogP contribution in [0.25, 0.3) is 5.52 Å². The Hall–Kier alpha value is -3.81. The van der Waals surface area contributed by atoms with E-state index >= 15 is 0 Å². The lowest BCUT2D eigenvalue weighted by atomic mass is 9.89. The summed E-state index contributed by atoms with van der Waals surface area (Å²) in [5, 5.41) is 4.50. The van der Waals surface area contributed by atoms with Crippen molar-refractivity contribution in [1.29, 1.82) is 0 Å². The van der Waals surface area contributed by atoms with Gasteiger partial charge in [-0.05, 0) is 86.1 Å². The smallest absolute Gasteiger partial charge is 0.406 e. The van der Waals surface area contributed by atoms with Crippen LogP contribution in [-0.4, -0.2) is 34.8 Å². The van der Waals surface area contributed by atoms with Gasteiger partial charge in [0, 0.05) is 31.4 Å². The molecule has 0 unspecified atom stereocenters. The molecule has 8 heteroatoms. The molecule has 5 nitrogen and oxygen atoms in total. The molecule has 0 bridgehead atoms. The minimum Gasteiger partial charge on any atom is -0.406 e. The Kier molecular flexibility index (Phi) is 7.15. The van der Waals surface area contributed by atoms with Gasteiger partial charge in [-0.15, -0.1) is 13.2 Å². The monoisotopic (exact) mass is 521 g/mol. The van der Waals surface area contributed by atoms with Crippen LogP contribution in [0.4, 0.5) is 18.9 Å². The number of aryl methyl sites for hydroxylation is 3. The number of alkyl halides is 3. The molecule has 0 amide bonds. The Morgan fingerprint density at radius 1 is 0.974 bits per heavy atom. The summed E-state index contributed by atoms with van der Waals surface area (Å²) in [6.45, 7) is 5.63. The molecule has 38 heavy (non-hydrogen) atoms. The number of carbonyl (C=O) groups is 1. The van der Waals surface area contributed by atoms with Crippen LogP contribution in [-0.2, 0) is 6.42 Å². The molecule has 0 atom stereocenters. The zero-order chi connectivity index (χ0) is 26.9. The van der Waals surface area contributed by atoms with Crippen LogP contribution in [0.1, 0.15) is 57.9 Å². The number of ketones is 1. The minimum atomic E-state index is -4.68. The topological polar surface area (TPSA) is 46.8 Å². The van der Waals surface area contributed by atoms with Crippen LogP contribution in [0.2, 0.25) is 0 Å². The summed E-state index contributed by atoms with van der Waals surface area (Å²) in [6, 6.07) is 18.6. The van der Waals surface area contributed by atoms with E-state index in [-0.39, 0.29) is 11.5 Å². The third kappa shape index (κ3) is 5.85. The maximum absolute atomic E-state index is 13.0. The molecule has 1 saturated heterocycles. The molecule has 1 aliphatic heterocycles. The molecule has 0 N–H and O–H groups in total.